The Hall–Kier alpha value is -1.56. The van der Waals surface area contributed by atoms with Crippen LogP contribution in [0.1, 0.15) is 56.7 Å². The quantitative estimate of drug-likeness (QED) is 0.507. The van der Waals surface area contributed by atoms with Gasteiger partial charge in [0.1, 0.15) is 0 Å². The first-order valence-corrected chi connectivity index (χ1v) is 9.68. The minimum atomic E-state index is 0.207. The van der Waals surface area contributed by atoms with Crippen LogP contribution in [0.15, 0.2) is 42.5 Å². The average Bonchev–Trinajstić information content (AvgIpc) is 3.12. The van der Waals surface area contributed by atoms with Crippen LogP contribution < -0.4 is 0 Å². The van der Waals surface area contributed by atoms with Gasteiger partial charge in [-0.05, 0) is 82.2 Å². The fourth-order valence-corrected chi connectivity index (χ4v) is 5.86. The summed E-state index contributed by atoms with van der Waals surface area (Å²) in [7, 11) is 0. The summed E-state index contributed by atoms with van der Waals surface area (Å²) in [5.74, 6) is 1.73. The number of fused-ring (bicyclic) bond motifs is 5. The van der Waals surface area contributed by atoms with Crippen LogP contribution in [0.2, 0.25) is 0 Å². The minimum absolute atomic E-state index is 0.207. The van der Waals surface area contributed by atoms with Crippen molar-refractivity contribution in [3.8, 4) is 0 Å². The first kappa shape index (κ1) is 14.8. The molecule has 0 aromatic heterocycles. The van der Waals surface area contributed by atoms with Crippen molar-refractivity contribution in [2.75, 3.05) is 0 Å². The number of benzene rings is 2. The van der Waals surface area contributed by atoms with Gasteiger partial charge in [-0.25, -0.2) is 0 Å². The van der Waals surface area contributed by atoms with Crippen LogP contribution in [0.3, 0.4) is 0 Å². The first-order chi connectivity index (χ1) is 11.4. The summed E-state index contributed by atoms with van der Waals surface area (Å²) in [6, 6.07) is 11.9. The highest BCUT2D eigenvalue weighted by molar-refractivity contribution is 5.88. The lowest BCUT2D eigenvalue weighted by atomic mass is 9.64. The van der Waals surface area contributed by atoms with Crippen LogP contribution >= 0.6 is 0 Å². The molecule has 124 valence electrons. The lowest BCUT2D eigenvalue weighted by molar-refractivity contribution is 0.195. The van der Waals surface area contributed by atoms with E-state index in [0.29, 0.717) is 5.41 Å². The molecule has 1 saturated carbocycles. The lowest BCUT2D eigenvalue weighted by Gasteiger charge is -2.40. The molecule has 0 saturated heterocycles. The van der Waals surface area contributed by atoms with Crippen molar-refractivity contribution in [3.05, 3.63) is 59.2 Å². The monoisotopic (exact) mass is 316 g/mol. The Kier molecular flexibility index (Phi) is 2.92. The van der Waals surface area contributed by atoms with E-state index in [9.17, 15) is 0 Å². The van der Waals surface area contributed by atoms with Crippen molar-refractivity contribution in [1.82, 2.24) is 0 Å². The van der Waals surface area contributed by atoms with E-state index in [1.165, 1.54) is 48.4 Å². The molecule has 2 aromatic rings. The van der Waals surface area contributed by atoms with Crippen molar-refractivity contribution in [2.45, 2.75) is 58.3 Å². The summed E-state index contributed by atoms with van der Waals surface area (Å²) in [5, 5.41) is 2.92. The zero-order valence-electron chi connectivity index (χ0n) is 15.2. The molecular weight excluding hydrogens is 288 g/mol. The molecule has 0 heteroatoms. The van der Waals surface area contributed by atoms with Crippen LogP contribution in [-0.4, -0.2) is 0 Å². The molecular formula is C24H28. The Balaban J connectivity index is 1.61. The highest BCUT2D eigenvalue weighted by atomic mass is 14.5. The summed E-state index contributed by atoms with van der Waals surface area (Å²) < 4.78 is 0. The third-order valence-corrected chi connectivity index (χ3v) is 7.07. The Morgan fingerprint density at radius 3 is 2.62 bits per heavy atom. The maximum Gasteiger partial charge on any atom is -0.0126 e. The molecule has 1 fully saturated rings. The van der Waals surface area contributed by atoms with Crippen molar-refractivity contribution in [3.63, 3.8) is 0 Å². The summed E-state index contributed by atoms with van der Waals surface area (Å²) in [6.45, 7) is 6.99. The molecule has 2 aromatic carbocycles. The molecule has 3 aliphatic rings. The Morgan fingerprint density at radius 1 is 1.04 bits per heavy atom. The first-order valence-electron chi connectivity index (χ1n) is 9.68. The van der Waals surface area contributed by atoms with Crippen LogP contribution in [0, 0.1) is 17.3 Å². The third kappa shape index (κ3) is 2.05. The second-order valence-electron chi connectivity index (χ2n) is 9.63. The van der Waals surface area contributed by atoms with Gasteiger partial charge in [-0.1, -0.05) is 63.3 Å². The molecule has 3 atom stereocenters. The van der Waals surface area contributed by atoms with Gasteiger partial charge >= 0.3 is 0 Å². The zero-order chi connectivity index (χ0) is 16.5. The predicted molar refractivity (Wildman–Crippen MR) is 102 cm³/mol. The molecule has 3 unspecified atom stereocenters. The Labute approximate surface area is 146 Å². The topological polar surface area (TPSA) is 0 Å². The maximum absolute atomic E-state index is 2.54. The lowest BCUT2D eigenvalue weighted by Crippen LogP contribution is -2.32. The summed E-state index contributed by atoms with van der Waals surface area (Å²) in [5.41, 5.74) is 5.55. The molecule has 1 spiro atoms. The molecule has 3 aliphatic carbocycles. The largest absolute Gasteiger partial charge is 0.0851 e. The third-order valence-electron chi connectivity index (χ3n) is 7.07. The summed E-state index contributed by atoms with van der Waals surface area (Å²) >= 11 is 0. The van der Waals surface area contributed by atoms with Gasteiger partial charge in [0, 0.05) is 0 Å². The average molecular weight is 316 g/mol. The molecule has 0 radical (unpaired) electrons. The minimum Gasteiger partial charge on any atom is -0.0851 e. The smallest absolute Gasteiger partial charge is 0.0126 e. The molecule has 0 amide bonds. The van der Waals surface area contributed by atoms with E-state index in [1.54, 1.807) is 11.1 Å². The molecule has 0 aliphatic heterocycles. The van der Waals surface area contributed by atoms with Gasteiger partial charge in [-0.15, -0.1) is 0 Å². The van der Waals surface area contributed by atoms with Crippen molar-refractivity contribution >= 4 is 10.8 Å². The van der Waals surface area contributed by atoms with E-state index >= 15 is 0 Å². The second-order valence-corrected chi connectivity index (χ2v) is 9.63. The number of allylic oxidation sites excluding steroid dienone is 2. The van der Waals surface area contributed by atoms with Crippen LogP contribution in [0.5, 0.6) is 0 Å². The van der Waals surface area contributed by atoms with Gasteiger partial charge < -0.3 is 0 Å². The van der Waals surface area contributed by atoms with Crippen molar-refractivity contribution in [1.29, 1.82) is 0 Å². The Morgan fingerprint density at radius 2 is 1.92 bits per heavy atom. The van der Waals surface area contributed by atoms with Gasteiger partial charge in [-0.2, -0.15) is 0 Å². The van der Waals surface area contributed by atoms with Gasteiger partial charge in [-0.3, -0.25) is 0 Å². The zero-order valence-corrected chi connectivity index (χ0v) is 15.2. The number of rotatable bonds is 0. The van der Waals surface area contributed by atoms with E-state index in [-0.39, 0.29) is 5.41 Å². The number of hydrogen-bond donors (Lipinski definition) is 0. The maximum atomic E-state index is 2.54. The molecule has 0 heterocycles. The highest BCUT2D eigenvalue weighted by Gasteiger charge is 2.49. The fourth-order valence-electron chi connectivity index (χ4n) is 5.86. The Bertz CT molecular complexity index is 848. The van der Waals surface area contributed by atoms with Crippen molar-refractivity contribution < 1.29 is 0 Å². The van der Waals surface area contributed by atoms with Crippen molar-refractivity contribution in [2.24, 2.45) is 17.3 Å². The van der Waals surface area contributed by atoms with E-state index in [1.807, 2.05) is 0 Å². The molecule has 24 heavy (non-hydrogen) atoms. The molecule has 0 nitrogen and oxygen atoms in total. The highest BCUT2D eigenvalue weighted by Crippen LogP contribution is 2.58. The summed E-state index contributed by atoms with van der Waals surface area (Å²) in [4.78, 5) is 0. The van der Waals surface area contributed by atoms with Crippen LogP contribution in [0.25, 0.3) is 10.8 Å². The SMILES string of the molecule is CC(C)(C)c1cccc2cc3c(cc12)CCC1(C3)CC2C=CC1C2. The molecule has 0 N–H and O–H groups in total. The second kappa shape index (κ2) is 4.75. The van der Waals surface area contributed by atoms with Gasteiger partial charge in [0.15, 0.2) is 0 Å². The van der Waals surface area contributed by atoms with Crippen LogP contribution in [-0.2, 0) is 18.3 Å². The molecule has 5 rings (SSSR count). The number of aryl methyl sites for hydroxylation is 1. The predicted octanol–water partition coefficient (Wildman–Crippen LogP) is 6.21. The normalized spacial score (nSPS) is 31.1. The van der Waals surface area contributed by atoms with Gasteiger partial charge in [0.2, 0.25) is 0 Å². The molecule has 2 bridgehead atoms. The van der Waals surface area contributed by atoms with E-state index in [0.717, 1.165) is 11.8 Å². The summed E-state index contributed by atoms with van der Waals surface area (Å²) in [6.07, 6.45) is 11.9. The fraction of sp³-hybridized carbons (Fsp3) is 0.500. The van der Waals surface area contributed by atoms with Gasteiger partial charge in [0.25, 0.3) is 0 Å². The standard InChI is InChI=1S/C24H28/c1-23(2,3)22-6-4-5-18-12-19-15-24(10-9-17(19)13-21(18)22)14-16-7-8-20(24)11-16/h4-8,12-13,16,20H,9-11,14-15H2,1-3H3. The van der Waals surface area contributed by atoms with E-state index in [4.69, 9.17) is 0 Å². The van der Waals surface area contributed by atoms with Crippen LogP contribution in [0.4, 0.5) is 0 Å². The van der Waals surface area contributed by atoms with E-state index < -0.39 is 0 Å². The number of hydrogen-bond acceptors (Lipinski definition) is 0. The van der Waals surface area contributed by atoms with Gasteiger partial charge in [0.05, 0.1) is 0 Å². The van der Waals surface area contributed by atoms with E-state index in [2.05, 4.69) is 63.3 Å².